The predicted octanol–water partition coefficient (Wildman–Crippen LogP) is 2.48. The van der Waals surface area contributed by atoms with E-state index in [1.807, 2.05) is 19.2 Å². The number of aromatic nitrogens is 5. The summed E-state index contributed by atoms with van der Waals surface area (Å²) in [6, 6.07) is 1.84. The molecule has 21 heavy (non-hydrogen) atoms. The summed E-state index contributed by atoms with van der Waals surface area (Å²) in [6.07, 6.45) is 5.64. The molecule has 2 aromatic heterocycles. The zero-order valence-electron chi connectivity index (χ0n) is 13.1. The Labute approximate surface area is 125 Å². The van der Waals surface area contributed by atoms with Gasteiger partial charge in [-0.2, -0.15) is 20.1 Å². The highest BCUT2D eigenvalue weighted by Gasteiger charge is 2.19. The molecule has 0 aliphatic rings. The number of hydrogen-bond donors (Lipinski definition) is 2. The summed E-state index contributed by atoms with van der Waals surface area (Å²) >= 11 is 0. The van der Waals surface area contributed by atoms with Gasteiger partial charge in [0.1, 0.15) is 0 Å². The van der Waals surface area contributed by atoms with E-state index in [-0.39, 0.29) is 5.54 Å². The molecule has 0 fully saturated rings. The van der Waals surface area contributed by atoms with E-state index in [1.54, 1.807) is 10.9 Å². The number of rotatable bonds is 7. The molecule has 7 nitrogen and oxygen atoms in total. The van der Waals surface area contributed by atoms with Gasteiger partial charge in [-0.05, 0) is 33.3 Å². The van der Waals surface area contributed by atoms with Crippen LogP contribution < -0.4 is 10.6 Å². The Kier molecular flexibility index (Phi) is 4.72. The minimum absolute atomic E-state index is 0.0685. The van der Waals surface area contributed by atoms with Crippen molar-refractivity contribution >= 4 is 11.9 Å². The van der Waals surface area contributed by atoms with Gasteiger partial charge in [-0.15, -0.1) is 0 Å². The minimum Gasteiger partial charge on any atom is -0.354 e. The third kappa shape index (κ3) is 4.14. The van der Waals surface area contributed by atoms with E-state index >= 15 is 0 Å². The molecule has 2 heterocycles. The highest BCUT2D eigenvalue weighted by Crippen LogP contribution is 2.18. The fourth-order valence-corrected chi connectivity index (χ4v) is 2.14. The molecule has 7 heteroatoms. The molecule has 0 aliphatic heterocycles. The molecule has 114 valence electrons. The molecule has 0 saturated carbocycles. The van der Waals surface area contributed by atoms with Crippen LogP contribution in [0.5, 0.6) is 0 Å². The second-order valence-electron chi connectivity index (χ2n) is 5.52. The standard InChI is InChI=1S/C14H23N7/c1-5-8-14(3,4)20-12-17-11(15-6-2)18-13(19-12)21-10-7-9-16-21/h7,9-10H,5-6,8H2,1-4H3,(H2,15,17,18,19,20). The van der Waals surface area contributed by atoms with Gasteiger partial charge in [-0.3, -0.25) is 0 Å². The normalized spacial score (nSPS) is 11.4. The lowest BCUT2D eigenvalue weighted by Gasteiger charge is -2.25. The first-order valence-corrected chi connectivity index (χ1v) is 7.32. The molecule has 0 unspecified atom stereocenters. The lowest BCUT2D eigenvalue weighted by molar-refractivity contribution is 0.506. The van der Waals surface area contributed by atoms with Crippen molar-refractivity contribution in [2.24, 2.45) is 0 Å². The fraction of sp³-hybridized carbons (Fsp3) is 0.571. The average Bonchev–Trinajstić information content (AvgIpc) is 2.91. The van der Waals surface area contributed by atoms with Gasteiger partial charge in [0.25, 0.3) is 5.95 Å². The molecule has 2 N–H and O–H groups in total. The SMILES string of the molecule is CCCC(C)(C)Nc1nc(NCC)nc(-n2cccn2)n1. The molecule has 0 radical (unpaired) electrons. The summed E-state index contributed by atoms with van der Waals surface area (Å²) in [7, 11) is 0. The molecule has 0 spiro atoms. The van der Waals surface area contributed by atoms with E-state index in [1.165, 1.54) is 0 Å². The van der Waals surface area contributed by atoms with Crippen molar-refractivity contribution in [2.75, 3.05) is 17.2 Å². The highest BCUT2D eigenvalue weighted by atomic mass is 15.4. The summed E-state index contributed by atoms with van der Waals surface area (Å²) < 4.78 is 1.63. The van der Waals surface area contributed by atoms with Crippen molar-refractivity contribution in [1.29, 1.82) is 0 Å². The third-order valence-electron chi connectivity index (χ3n) is 2.99. The minimum atomic E-state index is -0.0685. The van der Waals surface area contributed by atoms with Crippen LogP contribution in [0.4, 0.5) is 11.9 Å². The van der Waals surface area contributed by atoms with Crippen LogP contribution in [0.2, 0.25) is 0 Å². The van der Waals surface area contributed by atoms with Crippen LogP contribution in [0.15, 0.2) is 18.5 Å². The quantitative estimate of drug-likeness (QED) is 0.815. The first-order valence-electron chi connectivity index (χ1n) is 7.32. The van der Waals surface area contributed by atoms with Crippen molar-refractivity contribution < 1.29 is 0 Å². The first kappa shape index (κ1) is 15.2. The van der Waals surface area contributed by atoms with Gasteiger partial charge in [0.05, 0.1) is 0 Å². The average molecular weight is 289 g/mol. The molecule has 2 aromatic rings. The molecule has 0 amide bonds. The van der Waals surface area contributed by atoms with Crippen LogP contribution >= 0.6 is 0 Å². The van der Waals surface area contributed by atoms with Gasteiger partial charge in [-0.25, -0.2) is 4.68 Å². The van der Waals surface area contributed by atoms with E-state index in [0.29, 0.717) is 17.8 Å². The van der Waals surface area contributed by atoms with Crippen molar-refractivity contribution in [2.45, 2.75) is 46.1 Å². The topological polar surface area (TPSA) is 80.5 Å². The summed E-state index contributed by atoms with van der Waals surface area (Å²) in [5.41, 5.74) is -0.0685. The largest absolute Gasteiger partial charge is 0.354 e. The van der Waals surface area contributed by atoms with Gasteiger partial charge in [-0.1, -0.05) is 13.3 Å². The van der Waals surface area contributed by atoms with Crippen LogP contribution in [-0.4, -0.2) is 36.8 Å². The van der Waals surface area contributed by atoms with Crippen molar-refractivity contribution in [3.05, 3.63) is 18.5 Å². The Hall–Kier alpha value is -2.18. The Morgan fingerprint density at radius 2 is 1.90 bits per heavy atom. The van der Waals surface area contributed by atoms with E-state index in [2.05, 4.69) is 51.5 Å². The first-order chi connectivity index (χ1) is 10.0. The van der Waals surface area contributed by atoms with E-state index < -0.39 is 0 Å². The summed E-state index contributed by atoms with van der Waals surface area (Å²) in [6.45, 7) is 9.20. The molecule has 0 bridgehead atoms. The van der Waals surface area contributed by atoms with Crippen molar-refractivity contribution in [3.63, 3.8) is 0 Å². The zero-order valence-corrected chi connectivity index (χ0v) is 13.1. The van der Waals surface area contributed by atoms with E-state index in [4.69, 9.17) is 0 Å². The second kappa shape index (κ2) is 6.51. The Morgan fingerprint density at radius 3 is 2.52 bits per heavy atom. The summed E-state index contributed by atoms with van der Waals surface area (Å²) in [5, 5.41) is 10.7. The number of nitrogens with zero attached hydrogens (tertiary/aromatic N) is 5. The van der Waals surface area contributed by atoms with Gasteiger partial charge >= 0.3 is 0 Å². The summed E-state index contributed by atoms with van der Waals surface area (Å²) in [5.74, 6) is 1.61. The molecular formula is C14H23N7. The smallest absolute Gasteiger partial charge is 0.257 e. The second-order valence-corrected chi connectivity index (χ2v) is 5.52. The Morgan fingerprint density at radius 1 is 1.14 bits per heavy atom. The predicted molar refractivity (Wildman–Crippen MR) is 83.7 cm³/mol. The number of hydrogen-bond acceptors (Lipinski definition) is 6. The lowest BCUT2D eigenvalue weighted by atomic mass is 9.99. The molecule has 0 aromatic carbocycles. The Balaban J connectivity index is 2.32. The maximum Gasteiger partial charge on any atom is 0.257 e. The van der Waals surface area contributed by atoms with E-state index in [0.717, 1.165) is 19.4 Å². The van der Waals surface area contributed by atoms with E-state index in [9.17, 15) is 0 Å². The van der Waals surface area contributed by atoms with Crippen LogP contribution in [0.1, 0.15) is 40.5 Å². The molecule has 0 aliphatic carbocycles. The number of anilines is 2. The van der Waals surface area contributed by atoms with Crippen LogP contribution in [0.25, 0.3) is 5.95 Å². The van der Waals surface area contributed by atoms with Crippen molar-refractivity contribution in [3.8, 4) is 5.95 Å². The van der Waals surface area contributed by atoms with Gasteiger partial charge in [0.2, 0.25) is 11.9 Å². The van der Waals surface area contributed by atoms with Crippen molar-refractivity contribution in [1.82, 2.24) is 24.7 Å². The van der Waals surface area contributed by atoms with Gasteiger partial charge in [0, 0.05) is 24.5 Å². The monoisotopic (exact) mass is 289 g/mol. The molecule has 0 atom stereocenters. The van der Waals surface area contributed by atoms with Crippen LogP contribution in [-0.2, 0) is 0 Å². The maximum absolute atomic E-state index is 4.45. The lowest BCUT2D eigenvalue weighted by Crippen LogP contribution is -2.32. The fourth-order valence-electron chi connectivity index (χ4n) is 2.14. The zero-order chi connectivity index (χ0) is 15.3. The highest BCUT2D eigenvalue weighted by molar-refractivity contribution is 5.39. The molecule has 0 saturated heterocycles. The Bertz CT molecular complexity index is 563. The molecule has 2 rings (SSSR count). The van der Waals surface area contributed by atoms with Crippen LogP contribution in [0.3, 0.4) is 0 Å². The maximum atomic E-state index is 4.45. The van der Waals surface area contributed by atoms with Gasteiger partial charge < -0.3 is 10.6 Å². The van der Waals surface area contributed by atoms with Crippen LogP contribution in [0, 0.1) is 0 Å². The third-order valence-corrected chi connectivity index (χ3v) is 2.99. The summed E-state index contributed by atoms with van der Waals surface area (Å²) in [4.78, 5) is 13.2. The molecular weight excluding hydrogens is 266 g/mol. The number of nitrogens with one attached hydrogen (secondary N) is 2. The van der Waals surface area contributed by atoms with Gasteiger partial charge in [0.15, 0.2) is 0 Å².